The van der Waals surface area contributed by atoms with Crippen molar-refractivity contribution < 1.29 is 9.90 Å². The molecule has 0 fully saturated rings. The average Bonchev–Trinajstić information content (AvgIpc) is 2.67. The van der Waals surface area contributed by atoms with Gasteiger partial charge >= 0.3 is 0 Å². The SMILES string of the molecule is CC(O)(CNC(=O)c1ccccc1Br)c1ccc(-c2ccccc2)cc1. The van der Waals surface area contributed by atoms with Crippen molar-refractivity contribution >= 4 is 21.8 Å². The van der Waals surface area contributed by atoms with E-state index in [-0.39, 0.29) is 12.5 Å². The van der Waals surface area contributed by atoms with Crippen LogP contribution in [0.25, 0.3) is 11.1 Å². The van der Waals surface area contributed by atoms with Gasteiger partial charge in [-0.05, 0) is 51.7 Å². The van der Waals surface area contributed by atoms with E-state index in [1.54, 1.807) is 19.1 Å². The molecule has 1 amide bonds. The first-order chi connectivity index (χ1) is 12.5. The third-order valence-corrected chi connectivity index (χ3v) is 5.02. The molecule has 4 heteroatoms. The first kappa shape index (κ1) is 18.4. The molecule has 3 aromatic rings. The summed E-state index contributed by atoms with van der Waals surface area (Å²) < 4.78 is 0.726. The van der Waals surface area contributed by atoms with Crippen LogP contribution in [0.4, 0.5) is 0 Å². The van der Waals surface area contributed by atoms with Gasteiger partial charge in [0.15, 0.2) is 0 Å². The fourth-order valence-corrected chi connectivity index (χ4v) is 3.21. The zero-order valence-electron chi connectivity index (χ0n) is 14.4. The van der Waals surface area contributed by atoms with Gasteiger partial charge in [-0.2, -0.15) is 0 Å². The zero-order chi connectivity index (χ0) is 18.6. The van der Waals surface area contributed by atoms with Gasteiger partial charge in [-0.3, -0.25) is 4.79 Å². The Bertz CT molecular complexity index is 890. The molecule has 3 nitrogen and oxygen atoms in total. The second kappa shape index (κ2) is 7.85. The molecule has 0 saturated heterocycles. The molecule has 0 aliphatic rings. The minimum Gasteiger partial charge on any atom is -0.384 e. The summed E-state index contributed by atoms with van der Waals surface area (Å²) in [4.78, 5) is 12.3. The third-order valence-electron chi connectivity index (χ3n) is 4.33. The fraction of sp³-hybridized carbons (Fsp3) is 0.136. The number of carbonyl (C=O) groups is 1. The molecule has 132 valence electrons. The van der Waals surface area contributed by atoms with Crippen LogP contribution in [0.3, 0.4) is 0 Å². The van der Waals surface area contributed by atoms with E-state index in [9.17, 15) is 9.90 Å². The van der Waals surface area contributed by atoms with Gasteiger partial charge in [-0.25, -0.2) is 0 Å². The molecule has 3 rings (SSSR count). The summed E-state index contributed by atoms with van der Waals surface area (Å²) in [7, 11) is 0. The molecule has 1 unspecified atom stereocenters. The monoisotopic (exact) mass is 409 g/mol. The smallest absolute Gasteiger partial charge is 0.252 e. The summed E-state index contributed by atoms with van der Waals surface area (Å²) in [6.07, 6.45) is 0. The number of nitrogens with one attached hydrogen (secondary N) is 1. The van der Waals surface area contributed by atoms with Gasteiger partial charge in [0.1, 0.15) is 5.60 Å². The first-order valence-corrected chi connectivity index (χ1v) is 9.18. The molecule has 26 heavy (non-hydrogen) atoms. The predicted molar refractivity (Wildman–Crippen MR) is 108 cm³/mol. The largest absolute Gasteiger partial charge is 0.384 e. The number of carbonyl (C=O) groups excluding carboxylic acids is 1. The Labute approximate surface area is 161 Å². The lowest BCUT2D eigenvalue weighted by Crippen LogP contribution is -2.38. The molecule has 0 aliphatic carbocycles. The van der Waals surface area contributed by atoms with Crippen LogP contribution in [-0.2, 0) is 5.60 Å². The Morgan fingerprint density at radius 2 is 1.50 bits per heavy atom. The van der Waals surface area contributed by atoms with Crippen LogP contribution in [0.2, 0.25) is 0 Å². The Kier molecular flexibility index (Phi) is 5.55. The van der Waals surface area contributed by atoms with Crippen LogP contribution in [0.1, 0.15) is 22.8 Å². The maximum atomic E-state index is 12.3. The van der Waals surface area contributed by atoms with Gasteiger partial charge < -0.3 is 10.4 Å². The first-order valence-electron chi connectivity index (χ1n) is 8.38. The summed E-state index contributed by atoms with van der Waals surface area (Å²) in [6, 6.07) is 25.0. The summed E-state index contributed by atoms with van der Waals surface area (Å²) in [5.74, 6) is -0.223. The number of hydrogen-bond donors (Lipinski definition) is 2. The van der Waals surface area contributed by atoms with Crippen LogP contribution < -0.4 is 5.32 Å². The highest BCUT2D eigenvalue weighted by Gasteiger charge is 2.24. The molecule has 0 heterocycles. The summed E-state index contributed by atoms with van der Waals surface area (Å²) in [5.41, 5.74) is 2.35. The van der Waals surface area contributed by atoms with Crippen molar-refractivity contribution in [1.29, 1.82) is 0 Å². The van der Waals surface area contributed by atoms with Crippen LogP contribution in [0, 0.1) is 0 Å². The van der Waals surface area contributed by atoms with Crippen molar-refractivity contribution in [3.05, 3.63) is 94.5 Å². The molecule has 0 bridgehead atoms. The van der Waals surface area contributed by atoms with Gasteiger partial charge in [0.05, 0.1) is 12.1 Å². The normalized spacial score (nSPS) is 13.0. The molecular formula is C22H20BrNO2. The Balaban J connectivity index is 1.70. The van der Waals surface area contributed by atoms with Crippen molar-refractivity contribution in [2.24, 2.45) is 0 Å². The van der Waals surface area contributed by atoms with Gasteiger partial charge in [0, 0.05) is 4.47 Å². The summed E-state index contributed by atoms with van der Waals surface area (Å²) in [5, 5.41) is 13.6. The lowest BCUT2D eigenvalue weighted by atomic mass is 9.93. The van der Waals surface area contributed by atoms with Crippen molar-refractivity contribution in [3.63, 3.8) is 0 Å². The Morgan fingerprint density at radius 3 is 2.15 bits per heavy atom. The van der Waals surface area contributed by atoms with Crippen molar-refractivity contribution in [1.82, 2.24) is 5.32 Å². The number of amides is 1. The number of aliphatic hydroxyl groups is 1. The second-order valence-electron chi connectivity index (χ2n) is 6.38. The second-order valence-corrected chi connectivity index (χ2v) is 7.23. The number of hydrogen-bond acceptors (Lipinski definition) is 2. The number of halogens is 1. The van der Waals surface area contributed by atoms with Crippen molar-refractivity contribution in [2.75, 3.05) is 6.54 Å². The van der Waals surface area contributed by atoms with E-state index >= 15 is 0 Å². The predicted octanol–water partition coefficient (Wildman–Crippen LogP) is 4.75. The zero-order valence-corrected chi connectivity index (χ0v) is 16.0. The summed E-state index contributed by atoms with van der Waals surface area (Å²) in [6.45, 7) is 1.82. The molecule has 3 aromatic carbocycles. The van der Waals surface area contributed by atoms with Gasteiger partial charge in [-0.15, -0.1) is 0 Å². The maximum absolute atomic E-state index is 12.3. The summed E-state index contributed by atoms with van der Waals surface area (Å²) >= 11 is 3.37. The highest BCUT2D eigenvalue weighted by Crippen LogP contribution is 2.25. The molecule has 0 spiro atoms. The molecule has 1 atom stereocenters. The van der Waals surface area contributed by atoms with E-state index in [0.29, 0.717) is 5.56 Å². The van der Waals surface area contributed by atoms with Crippen LogP contribution in [-0.4, -0.2) is 17.6 Å². The van der Waals surface area contributed by atoms with Crippen LogP contribution in [0.15, 0.2) is 83.3 Å². The highest BCUT2D eigenvalue weighted by molar-refractivity contribution is 9.10. The van der Waals surface area contributed by atoms with E-state index in [0.717, 1.165) is 21.2 Å². The molecule has 0 saturated carbocycles. The van der Waals surface area contributed by atoms with E-state index in [2.05, 4.69) is 21.2 Å². The highest BCUT2D eigenvalue weighted by atomic mass is 79.9. The lowest BCUT2D eigenvalue weighted by molar-refractivity contribution is 0.0526. The quantitative estimate of drug-likeness (QED) is 0.638. The van der Waals surface area contributed by atoms with Crippen LogP contribution >= 0.6 is 15.9 Å². The number of benzene rings is 3. The fourth-order valence-electron chi connectivity index (χ4n) is 2.75. The lowest BCUT2D eigenvalue weighted by Gasteiger charge is -2.24. The average molecular weight is 410 g/mol. The molecule has 2 N–H and O–H groups in total. The van der Waals surface area contributed by atoms with Crippen molar-refractivity contribution in [2.45, 2.75) is 12.5 Å². The topological polar surface area (TPSA) is 49.3 Å². The molecule has 0 aromatic heterocycles. The molecule has 0 aliphatic heterocycles. The number of rotatable bonds is 5. The van der Waals surface area contributed by atoms with E-state index in [1.807, 2.05) is 66.7 Å². The molecular weight excluding hydrogens is 390 g/mol. The van der Waals surface area contributed by atoms with E-state index in [4.69, 9.17) is 0 Å². The standard InChI is InChI=1S/C22H20BrNO2/c1-22(26,15-24-21(25)19-9-5-6-10-20(19)23)18-13-11-17(12-14-18)16-7-3-2-4-8-16/h2-14,26H,15H2,1H3,(H,24,25). The van der Waals surface area contributed by atoms with Gasteiger partial charge in [0.25, 0.3) is 5.91 Å². The minimum absolute atomic E-state index is 0.123. The van der Waals surface area contributed by atoms with Crippen molar-refractivity contribution in [3.8, 4) is 11.1 Å². The third kappa shape index (κ3) is 4.21. The van der Waals surface area contributed by atoms with E-state index in [1.165, 1.54) is 0 Å². The minimum atomic E-state index is -1.16. The Hall–Kier alpha value is -2.43. The van der Waals surface area contributed by atoms with E-state index < -0.39 is 5.60 Å². The van der Waals surface area contributed by atoms with Gasteiger partial charge in [-0.1, -0.05) is 66.7 Å². The van der Waals surface area contributed by atoms with Crippen LogP contribution in [0.5, 0.6) is 0 Å². The molecule has 0 radical (unpaired) electrons. The maximum Gasteiger partial charge on any atom is 0.252 e. The Morgan fingerprint density at radius 1 is 0.923 bits per heavy atom. The van der Waals surface area contributed by atoms with Gasteiger partial charge in [0.2, 0.25) is 0 Å².